The van der Waals surface area contributed by atoms with Crippen LogP contribution in [-0.2, 0) is 4.79 Å². The summed E-state index contributed by atoms with van der Waals surface area (Å²) < 4.78 is 0. The maximum Gasteiger partial charge on any atom is 0.221 e. The number of carbonyl (C=O) groups is 1. The summed E-state index contributed by atoms with van der Waals surface area (Å²) in [6, 6.07) is 11.9. The molecule has 0 spiro atoms. The van der Waals surface area contributed by atoms with Gasteiger partial charge in [0.25, 0.3) is 0 Å². The molecule has 0 fully saturated rings. The minimum Gasteiger partial charge on any atom is -0.507 e. The van der Waals surface area contributed by atoms with Crippen molar-refractivity contribution in [3.63, 3.8) is 0 Å². The number of azo groups is 1. The molecule has 0 aliphatic rings. The van der Waals surface area contributed by atoms with Gasteiger partial charge >= 0.3 is 0 Å². The van der Waals surface area contributed by atoms with Gasteiger partial charge in [0, 0.05) is 22.4 Å². The first-order valence-corrected chi connectivity index (χ1v) is 8.51. The van der Waals surface area contributed by atoms with Crippen LogP contribution in [0.25, 0.3) is 10.8 Å². The van der Waals surface area contributed by atoms with E-state index in [1.807, 2.05) is 6.07 Å². The van der Waals surface area contributed by atoms with E-state index in [-0.39, 0.29) is 11.7 Å². The van der Waals surface area contributed by atoms with E-state index in [0.29, 0.717) is 37.9 Å². The molecule has 26 heavy (non-hydrogen) atoms. The quantitative estimate of drug-likeness (QED) is 0.247. The zero-order chi connectivity index (χ0) is 18.8. The highest BCUT2D eigenvalue weighted by atomic mass is 32.1. The lowest BCUT2D eigenvalue weighted by molar-refractivity contribution is -0.114. The van der Waals surface area contributed by atoms with Gasteiger partial charge in [-0.1, -0.05) is 6.07 Å². The van der Waals surface area contributed by atoms with Crippen LogP contribution in [-0.4, -0.2) is 11.0 Å². The first-order chi connectivity index (χ1) is 12.3. The van der Waals surface area contributed by atoms with Crippen molar-refractivity contribution in [2.45, 2.75) is 16.7 Å². The lowest BCUT2D eigenvalue weighted by Crippen LogP contribution is -2.05. The molecule has 0 bridgehead atoms. The number of phenols is 1. The van der Waals surface area contributed by atoms with E-state index in [0.717, 1.165) is 5.39 Å². The fourth-order valence-corrected chi connectivity index (χ4v) is 3.05. The topological polar surface area (TPSA) is 100 Å². The molecule has 0 aliphatic heterocycles. The molecule has 3 aromatic carbocycles. The van der Waals surface area contributed by atoms with Crippen molar-refractivity contribution in [2.75, 3.05) is 11.1 Å². The molecule has 3 rings (SSSR count). The van der Waals surface area contributed by atoms with Crippen molar-refractivity contribution < 1.29 is 9.90 Å². The summed E-state index contributed by atoms with van der Waals surface area (Å²) in [6.45, 7) is 1.43. The maximum absolute atomic E-state index is 11.1. The van der Waals surface area contributed by atoms with Crippen LogP contribution < -0.4 is 11.1 Å². The van der Waals surface area contributed by atoms with Gasteiger partial charge in [-0.05, 0) is 41.8 Å². The lowest BCUT2D eigenvalue weighted by atomic mass is 10.1. The number of nitrogens with one attached hydrogen (secondary N) is 1. The second-order valence-electron chi connectivity index (χ2n) is 5.65. The fourth-order valence-electron chi connectivity index (χ4n) is 2.53. The molecule has 4 N–H and O–H groups in total. The molecule has 0 atom stereocenters. The lowest BCUT2D eigenvalue weighted by Gasteiger charge is -2.08. The molecule has 3 aromatic rings. The minimum absolute atomic E-state index is 0.0286. The third-order valence-electron chi connectivity index (χ3n) is 3.64. The summed E-state index contributed by atoms with van der Waals surface area (Å²) in [4.78, 5) is 12.3. The van der Waals surface area contributed by atoms with Crippen LogP contribution in [0, 0.1) is 0 Å². The first kappa shape index (κ1) is 18.1. The van der Waals surface area contributed by atoms with Gasteiger partial charge in [-0.3, -0.25) is 4.79 Å². The molecule has 0 unspecified atom stereocenters. The third kappa shape index (κ3) is 3.76. The molecule has 0 saturated carbocycles. The number of benzene rings is 3. The highest BCUT2D eigenvalue weighted by Gasteiger charge is 2.11. The second kappa shape index (κ2) is 7.27. The van der Waals surface area contributed by atoms with Gasteiger partial charge in [0.15, 0.2) is 0 Å². The van der Waals surface area contributed by atoms with Gasteiger partial charge in [-0.25, -0.2) is 0 Å². The number of carbonyl (C=O) groups excluding carboxylic acids is 1. The Hall–Kier alpha value is -2.71. The first-order valence-electron chi connectivity index (χ1n) is 7.61. The maximum atomic E-state index is 11.1. The highest BCUT2D eigenvalue weighted by molar-refractivity contribution is 7.80. The highest BCUT2D eigenvalue weighted by Crippen LogP contribution is 2.40. The summed E-state index contributed by atoms with van der Waals surface area (Å²) in [5.74, 6) is -0.143. The van der Waals surface area contributed by atoms with E-state index < -0.39 is 0 Å². The van der Waals surface area contributed by atoms with Crippen LogP contribution in [0.3, 0.4) is 0 Å². The third-order valence-corrected chi connectivity index (χ3v) is 4.26. The number of amides is 1. The Bertz CT molecular complexity index is 1050. The molecule has 0 aliphatic carbocycles. The normalized spacial score (nSPS) is 11.2. The molecule has 6 nitrogen and oxygen atoms in total. The summed E-state index contributed by atoms with van der Waals surface area (Å²) in [7, 11) is 0. The SMILES string of the molecule is CC(=O)Nc1ccc(/N=N/c2c(N)ccc3cc(S)cc(O)c23)c(S)c1. The van der Waals surface area contributed by atoms with Crippen LogP contribution in [0.15, 0.2) is 62.5 Å². The van der Waals surface area contributed by atoms with E-state index in [4.69, 9.17) is 5.73 Å². The molecule has 0 radical (unpaired) electrons. The number of nitrogens with two attached hydrogens (primary N) is 1. The monoisotopic (exact) mass is 384 g/mol. The van der Waals surface area contributed by atoms with Gasteiger partial charge in [-0.15, -0.1) is 35.5 Å². The number of nitrogens with zero attached hydrogens (tertiary/aromatic N) is 2. The second-order valence-corrected chi connectivity index (χ2v) is 6.65. The summed E-state index contributed by atoms with van der Waals surface area (Å²) in [5.41, 5.74) is 7.90. The molecule has 0 saturated heterocycles. The number of nitrogen functional groups attached to an aromatic ring is 1. The van der Waals surface area contributed by atoms with Crippen molar-refractivity contribution in [2.24, 2.45) is 10.2 Å². The van der Waals surface area contributed by atoms with Gasteiger partial charge in [0.05, 0.1) is 16.8 Å². The molecule has 0 aromatic heterocycles. The minimum atomic E-state index is -0.172. The Balaban J connectivity index is 2.04. The van der Waals surface area contributed by atoms with Crippen LogP contribution in [0.2, 0.25) is 0 Å². The Labute approximate surface area is 161 Å². The Morgan fingerprint density at radius 1 is 1.12 bits per heavy atom. The number of hydrogen-bond acceptors (Lipinski definition) is 7. The van der Waals surface area contributed by atoms with E-state index in [2.05, 4.69) is 40.8 Å². The Morgan fingerprint density at radius 2 is 1.88 bits per heavy atom. The number of thiol groups is 2. The van der Waals surface area contributed by atoms with E-state index in [9.17, 15) is 9.90 Å². The van der Waals surface area contributed by atoms with Crippen molar-refractivity contribution in [3.05, 3.63) is 42.5 Å². The van der Waals surface area contributed by atoms with Crippen LogP contribution in [0.1, 0.15) is 6.92 Å². The standard InChI is InChI=1S/C18H16N4O2S2/c1-9(23)20-11-3-5-14(16(26)7-11)21-22-18-13(19)4-2-10-6-12(25)8-15(24)17(10)18/h2-8,24-26H,19H2,1H3,(H,20,23)/b22-21+. The predicted octanol–water partition coefficient (Wildman–Crippen LogP) is 5.08. The summed E-state index contributed by atoms with van der Waals surface area (Å²) >= 11 is 8.63. The number of anilines is 2. The smallest absolute Gasteiger partial charge is 0.221 e. The zero-order valence-corrected chi connectivity index (χ0v) is 15.6. The van der Waals surface area contributed by atoms with Crippen molar-refractivity contribution in [1.82, 2.24) is 0 Å². The average molecular weight is 384 g/mol. The zero-order valence-electron chi connectivity index (χ0n) is 13.8. The number of rotatable bonds is 3. The van der Waals surface area contributed by atoms with Crippen molar-refractivity contribution in [1.29, 1.82) is 0 Å². The van der Waals surface area contributed by atoms with Crippen molar-refractivity contribution >= 4 is 64.7 Å². The number of aromatic hydroxyl groups is 1. The largest absolute Gasteiger partial charge is 0.507 e. The fraction of sp³-hybridized carbons (Fsp3) is 0.0556. The summed E-state index contributed by atoms with van der Waals surface area (Å²) in [6.07, 6.45) is 0. The Kier molecular flexibility index (Phi) is 5.06. The Morgan fingerprint density at radius 3 is 2.58 bits per heavy atom. The summed E-state index contributed by atoms with van der Waals surface area (Å²) in [5, 5.41) is 22.6. The van der Waals surface area contributed by atoms with Gasteiger partial charge in [0.2, 0.25) is 5.91 Å². The molecule has 8 heteroatoms. The van der Waals surface area contributed by atoms with Crippen molar-refractivity contribution in [3.8, 4) is 5.75 Å². The molecule has 0 heterocycles. The molecular weight excluding hydrogens is 368 g/mol. The number of fused-ring (bicyclic) bond motifs is 1. The number of hydrogen-bond donors (Lipinski definition) is 5. The van der Waals surface area contributed by atoms with E-state index in [1.165, 1.54) is 13.0 Å². The van der Waals surface area contributed by atoms with Gasteiger partial charge < -0.3 is 16.2 Å². The van der Waals surface area contributed by atoms with Crippen LogP contribution in [0.5, 0.6) is 5.75 Å². The van der Waals surface area contributed by atoms with E-state index >= 15 is 0 Å². The molecular formula is C18H16N4O2S2. The van der Waals surface area contributed by atoms with Gasteiger partial charge in [-0.2, -0.15) is 0 Å². The van der Waals surface area contributed by atoms with E-state index in [1.54, 1.807) is 30.3 Å². The van der Waals surface area contributed by atoms with Crippen LogP contribution in [0.4, 0.5) is 22.7 Å². The number of phenolic OH excluding ortho intramolecular Hbond substituents is 1. The average Bonchev–Trinajstić information content (AvgIpc) is 2.55. The molecule has 1 amide bonds. The molecule has 132 valence electrons. The van der Waals surface area contributed by atoms with Gasteiger partial charge in [0.1, 0.15) is 11.4 Å². The van der Waals surface area contributed by atoms with Crippen LogP contribution >= 0.6 is 25.3 Å². The predicted molar refractivity (Wildman–Crippen MR) is 109 cm³/mol.